The molecule has 1 atom stereocenters. The van der Waals surface area contributed by atoms with Gasteiger partial charge in [0.25, 0.3) is 5.91 Å². The first kappa shape index (κ1) is 31.3. The normalized spacial score (nSPS) is 14.7. The maximum atomic E-state index is 13.7. The number of para-hydroxylation sites is 1. The van der Waals surface area contributed by atoms with Crippen LogP contribution in [0.4, 0.5) is 17.1 Å². The van der Waals surface area contributed by atoms with Gasteiger partial charge in [-0.2, -0.15) is 0 Å². The van der Waals surface area contributed by atoms with Crippen LogP contribution in [0, 0.1) is 0 Å². The van der Waals surface area contributed by atoms with E-state index in [0.717, 1.165) is 28.8 Å². The summed E-state index contributed by atoms with van der Waals surface area (Å²) in [5, 5.41) is 11.0. The van der Waals surface area contributed by atoms with Gasteiger partial charge in [-0.25, -0.2) is 0 Å². The molecule has 3 aromatic carbocycles. The summed E-state index contributed by atoms with van der Waals surface area (Å²) in [6, 6.07) is 16.8. The van der Waals surface area contributed by atoms with Crippen LogP contribution < -0.4 is 41.4 Å². The molecule has 5 rings (SSSR count). The number of methoxy groups -OCH3 is 2. The molecule has 0 unspecified atom stereocenters. The summed E-state index contributed by atoms with van der Waals surface area (Å²) >= 11 is 0. The van der Waals surface area contributed by atoms with Gasteiger partial charge in [0.1, 0.15) is 6.61 Å². The predicted molar refractivity (Wildman–Crippen MR) is 167 cm³/mol. The molecule has 0 saturated heterocycles. The molecule has 0 aromatic heterocycles. The summed E-state index contributed by atoms with van der Waals surface area (Å²) in [4.78, 5) is 51.2. The number of benzene rings is 3. The van der Waals surface area contributed by atoms with E-state index in [-0.39, 0.29) is 38.2 Å². The minimum absolute atomic E-state index is 0.000155. The highest BCUT2D eigenvalue weighted by molar-refractivity contribution is 6.12. The fourth-order valence-electron chi connectivity index (χ4n) is 5.44. The molecule has 4 amide bonds. The van der Waals surface area contributed by atoms with Gasteiger partial charge in [0.05, 0.1) is 50.6 Å². The number of carbonyl (C=O) groups excluding carboxylic acids is 4. The van der Waals surface area contributed by atoms with Crippen LogP contribution >= 0.6 is 0 Å². The third kappa shape index (κ3) is 7.33. The Morgan fingerprint density at radius 1 is 0.933 bits per heavy atom. The maximum absolute atomic E-state index is 13.7. The molecule has 13 heteroatoms. The number of ether oxygens (including phenoxy) is 3. The van der Waals surface area contributed by atoms with Crippen LogP contribution in [-0.4, -0.2) is 70.1 Å². The number of rotatable bonds is 12. The van der Waals surface area contributed by atoms with E-state index in [1.165, 1.54) is 7.11 Å². The number of amides is 4. The molecular formula is C32H36N6O7. The van der Waals surface area contributed by atoms with E-state index < -0.39 is 17.7 Å². The average Bonchev–Trinajstić information content (AvgIpc) is 3.36. The van der Waals surface area contributed by atoms with Crippen LogP contribution in [0.15, 0.2) is 54.6 Å². The van der Waals surface area contributed by atoms with Crippen molar-refractivity contribution in [3.63, 3.8) is 0 Å². The Balaban J connectivity index is 1.28. The zero-order chi connectivity index (χ0) is 31.9. The number of anilines is 3. The van der Waals surface area contributed by atoms with Gasteiger partial charge in [-0.1, -0.05) is 18.2 Å². The monoisotopic (exact) mass is 616 g/mol. The highest BCUT2D eigenvalue weighted by atomic mass is 16.5. The number of hydrogen-bond donors (Lipinski definition) is 5. The Morgan fingerprint density at radius 3 is 2.42 bits per heavy atom. The van der Waals surface area contributed by atoms with Crippen LogP contribution in [0.3, 0.4) is 0 Å². The van der Waals surface area contributed by atoms with Crippen molar-refractivity contribution in [2.75, 3.05) is 55.9 Å². The largest absolute Gasteiger partial charge is 0.493 e. The fraction of sp³-hybridized carbons (Fsp3) is 0.312. The SMILES string of the molecule is COCc1cc(COc2cc3c(cc2OC)C(=O)N2c4ccccc4C[C@H]2CN3)cc(NC(=O)CNC(=O)CNC(=O)CN)c1. The molecule has 0 aliphatic carbocycles. The summed E-state index contributed by atoms with van der Waals surface area (Å²) in [7, 11) is 3.09. The van der Waals surface area contributed by atoms with Gasteiger partial charge in [0, 0.05) is 31.1 Å². The summed E-state index contributed by atoms with van der Waals surface area (Å²) in [5.74, 6) is -0.689. The number of hydrogen-bond acceptors (Lipinski definition) is 9. The van der Waals surface area contributed by atoms with Crippen molar-refractivity contribution < 1.29 is 33.4 Å². The molecular weight excluding hydrogens is 580 g/mol. The van der Waals surface area contributed by atoms with Gasteiger partial charge in [0.2, 0.25) is 17.7 Å². The summed E-state index contributed by atoms with van der Waals surface area (Å²) in [5.41, 5.74) is 10.5. The third-order valence-electron chi connectivity index (χ3n) is 7.47. The highest BCUT2D eigenvalue weighted by Crippen LogP contribution is 2.40. The first-order valence-corrected chi connectivity index (χ1v) is 14.4. The smallest absolute Gasteiger partial charge is 0.260 e. The summed E-state index contributed by atoms with van der Waals surface area (Å²) < 4.78 is 17.1. The van der Waals surface area contributed by atoms with Gasteiger partial charge < -0.3 is 46.1 Å². The lowest BCUT2D eigenvalue weighted by Gasteiger charge is -2.22. The van der Waals surface area contributed by atoms with E-state index in [4.69, 9.17) is 19.9 Å². The van der Waals surface area contributed by atoms with E-state index in [0.29, 0.717) is 41.6 Å². The lowest BCUT2D eigenvalue weighted by atomic mass is 10.1. The van der Waals surface area contributed by atoms with Gasteiger partial charge in [-0.05, 0) is 53.4 Å². The summed E-state index contributed by atoms with van der Waals surface area (Å²) in [6.45, 7) is 0.203. The number of nitrogens with zero attached hydrogens (tertiary/aromatic N) is 1. The molecule has 2 aliphatic rings. The van der Waals surface area contributed by atoms with Crippen molar-refractivity contribution in [2.45, 2.75) is 25.7 Å². The Kier molecular flexibility index (Phi) is 9.80. The Hall–Kier alpha value is -5.14. The van der Waals surface area contributed by atoms with Gasteiger partial charge in [-0.15, -0.1) is 0 Å². The number of nitrogens with one attached hydrogen (secondary N) is 4. The maximum Gasteiger partial charge on any atom is 0.260 e. The van der Waals surface area contributed by atoms with Crippen molar-refractivity contribution in [1.29, 1.82) is 0 Å². The van der Waals surface area contributed by atoms with E-state index in [9.17, 15) is 19.2 Å². The fourth-order valence-corrected chi connectivity index (χ4v) is 5.44. The first-order chi connectivity index (χ1) is 21.8. The molecule has 45 heavy (non-hydrogen) atoms. The number of fused-ring (bicyclic) bond motifs is 4. The molecule has 236 valence electrons. The van der Waals surface area contributed by atoms with Crippen molar-refractivity contribution in [1.82, 2.24) is 10.6 Å². The standard InChI is InChI=1S/C32H36N6O7/c1-43-17-19-7-20(9-22(8-19)37-31(41)16-36-30(40)15-35-29(39)13-33)18-45-28-12-25-24(11-27(28)44-2)32(42)38-23(14-34-25)10-21-5-3-4-6-26(21)38/h3-9,11-12,23,34H,10,13-18,33H2,1-2H3,(H,35,39)(H,36,40)(H,37,41)/t23-/m0/s1. The van der Waals surface area contributed by atoms with Crippen LogP contribution in [0.2, 0.25) is 0 Å². The highest BCUT2D eigenvalue weighted by Gasteiger charge is 2.37. The molecule has 2 heterocycles. The molecule has 0 bridgehead atoms. The zero-order valence-electron chi connectivity index (χ0n) is 25.1. The summed E-state index contributed by atoms with van der Waals surface area (Å²) in [6.07, 6.45) is 0.777. The lowest BCUT2D eigenvalue weighted by molar-refractivity contribution is -0.126. The van der Waals surface area contributed by atoms with E-state index in [1.54, 1.807) is 31.4 Å². The van der Waals surface area contributed by atoms with Gasteiger partial charge in [0.15, 0.2) is 11.5 Å². The van der Waals surface area contributed by atoms with Crippen molar-refractivity contribution >= 4 is 40.7 Å². The van der Waals surface area contributed by atoms with Crippen molar-refractivity contribution in [2.24, 2.45) is 5.73 Å². The molecule has 0 radical (unpaired) electrons. The minimum atomic E-state index is -0.523. The van der Waals surface area contributed by atoms with Crippen molar-refractivity contribution in [3.8, 4) is 11.5 Å². The Morgan fingerprint density at radius 2 is 1.67 bits per heavy atom. The second-order valence-electron chi connectivity index (χ2n) is 10.7. The quantitative estimate of drug-likeness (QED) is 0.202. The van der Waals surface area contributed by atoms with Crippen molar-refractivity contribution in [3.05, 3.63) is 76.9 Å². The predicted octanol–water partition coefficient (Wildman–Crippen LogP) is 1.55. The molecule has 0 fully saturated rings. The number of nitrogens with two attached hydrogens (primary N) is 1. The zero-order valence-corrected chi connectivity index (χ0v) is 25.1. The Labute approximate surface area is 260 Å². The number of carbonyl (C=O) groups is 4. The van der Waals surface area contributed by atoms with Crippen LogP contribution in [0.25, 0.3) is 0 Å². The topological polar surface area (TPSA) is 173 Å². The van der Waals surface area contributed by atoms with Crippen LogP contribution in [-0.2, 0) is 38.8 Å². The van der Waals surface area contributed by atoms with Crippen LogP contribution in [0.1, 0.15) is 27.0 Å². The Bertz CT molecular complexity index is 1610. The molecule has 2 aliphatic heterocycles. The second-order valence-corrected chi connectivity index (χ2v) is 10.7. The minimum Gasteiger partial charge on any atom is -0.493 e. The molecule has 3 aromatic rings. The van der Waals surface area contributed by atoms with E-state index in [1.807, 2.05) is 29.2 Å². The molecule has 0 spiro atoms. The molecule has 6 N–H and O–H groups in total. The van der Waals surface area contributed by atoms with E-state index in [2.05, 4.69) is 27.3 Å². The molecule has 13 nitrogen and oxygen atoms in total. The van der Waals surface area contributed by atoms with Crippen LogP contribution in [0.5, 0.6) is 11.5 Å². The first-order valence-electron chi connectivity index (χ1n) is 14.4. The average molecular weight is 617 g/mol. The van der Waals surface area contributed by atoms with E-state index >= 15 is 0 Å². The molecule has 0 saturated carbocycles. The van der Waals surface area contributed by atoms with Gasteiger partial charge in [-0.3, -0.25) is 19.2 Å². The third-order valence-corrected chi connectivity index (χ3v) is 7.47. The lowest BCUT2D eigenvalue weighted by Crippen LogP contribution is -2.41. The van der Waals surface area contributed by atoms with Gasteiger partial charge >= 0.3 is 0 Å². The second kappa shape index (κ2) is 14.1.